The lowest BCUT2D eigenvalue weighted by Gasteiger charge is -2.10. The molecule has 0 amide bonds. The van der Waals surface area contributed by atoms with E-state index in [1.54, 1.807) is 4.68 Å². The third-order valence-electron chi connectivity index (χ3n) is 3.39. The topological polar surface area (TPSA) is 55.1 Å². The number of rotatable bonds is 5. The van der Waals surface area contributed by atoms with Gasteiger partial charge >= 0.3 is 5.97 Å². The zero-order valence-electron chi connectivity index (χ0n) is 12.1. The van der Waals surface area contributed by atoms with Crippen LogP contribution in [0, 0.1) is 0 Å². The maximum absolute atomic E-state index is 11.2. The van der Waals surface area contributed by atoms with Gasteiger partial charge in [0.05, 0.1) is 17.6 Å². The third kappa shape index (κ3) is 2.74. The number of aromatic nitrogens is 2. The Kier molecular flexibility index (Phi) is 4.23. The van der Waals surface area contributed by atoms with Crippen molar-refractivity contribution in [3.8, 4) is 5.69 Å². The Morgan fingerprint density at radius 3 is 2.45 bits per heavy atom. The van der Waals surface area contributed by atoms with E-state index in [4.69, 9.17) is 0 Å². The smallest absolute Gasteiger partial charge is 0.339 e. The Bertz CT molecular complexity index is 597. The van der Waals surface area contributed by atoms with E-state index in [9.17, 15) is 9.90 Å². The maximum atomic E-state index is 11.2. The van der Waals surface area contributed by atoms with Gasteiger partial charge in [-0.3, -0.25) is 0 Å². The molecule has 20 heavy (non-hydrogen) atoms. The van der Waals surface area contributed by atoms with Crippen molar-refractivity contribution in [2.75, 3.05) is 0 Å². The quantitative estimate of drug-likeness (QED) is 0.904. The molecule has 0 aliphatic carbocycles. The van der Waals surface area contributed by atoms with Crippen LogP contribution < -0.4 is 0 Å². The predicted molar refractivity (Wildman–Crippen MR) is 78.6 cm³/mol. The first-order valence-corrected chi connectivity index (χ1v) is 6.95. The van der Waals surface area contributed by atoms with Gasteiger partial charge in [-0.15, -0.1) is 0 Å². The fourth-order valence-electron chi connectivity index (χ4n) is 2.25. The van der Waals surface area contributed by atoms with Crippen LogP contribution in [0.15, 0.2) is 30.5 Å². The molecule has 0 unspecified atom stereocenters. The summed E-state index contributed by atoms with van der Waals surface area (Å²) in [5, 5.41) is 13.5. The van der Waals surface area contributed by atoms with E-state index >= 15 is 0 Å². The van der Waals surface area contributed by atoms with E-state index in [0.29, 0.717) is 17.9 Å². The average Bonchev–Trinajstić information content (AvgIpc) is 2.83. The van der Waals surface area contributed by atoms with E-state index in [1.807, 2.05) is 19.1 Å². The molecule has 0 saturated heterocycles. The number of hydrogen-bond acceptors (Lipinski definition) is 2. The van der Waals surface area contributed by atoms with Crippen molar-refractivity contribution in [2.45, 2.75) is 39.5 Å². The standard InChI is InChI=1S/C16H20N2O2/c1-4-5-15-14(16(19)20)10-17-18(15)13-8-6-12(7-9-13)11(2)3/h6-11H,4-5H2,1-3H3,(H,19,20). The zero-order chi connectivity index (χ0) is 14.7. The molecule has 0 fully saturated rings. The van der Waals surface area contributed by atoms with E-state index in [2.05, 4.69) is 31.1 Å². The summed E-state index contributed by atoms with van der Waals surface area (Å²) in [6.45, 7) is 6.33. The van der Waals surface area contributed by atoms with Crippen LogP contribution >= 0.6 is 0 Å². The molecule has 0 spiro atoms. The lowest BCUT2D eigenvalue weighted by molar-refractivity contribution is 0.0695. The van der Waals surface area contributed by atoms with Crippen LogP contribution in [0.2, 0.25) is 0 Å². The number of nitrogens with zero attached hydrogens (tertiary/aromatic N) is 2. The van der Waals surface area contributed by atoms with Crippen LogP contribution in [0.25, 0.3) is 5.69 Å². The van der Waals surface area contributed by atoms with Crippen LogP contribution in [0.1, 0.15) is 54.7 Å². The number of aromatic carboxylic acids is 1. The van der Waals surface area contributed by atoms with Gasteiger partial charge in [-0.05, 0) is 30.0 Å². The minimum absolute atomic E-state index is 0.291. The van der Waals surface area contributed by atoms with Crippen molar-refractivity contribution in [1.82, 2.24) is 9.78 Å². The highest BCUT2D eigenvalue weighted by Gasteiger charge is 2.16. The normalized spacial score (nSPS) is 11.0. The SMILES string of the molecule is CCCc1c(C(=O)O)cnn1-c1ccc(C(C)C)cc1. The van der Waals surface area contributed by atoms with Crippen molar-refractivity contribution in [3.63, 3.8) is 0 Å². The molecule has 0 saturated carbocycles. The zero-order valence-corrected chi connectivity index (χ0v) is 12.1. The van der Waals surface area contributed by atoms with Gasteiger partial charge in [0.15, 0.2) is 0 Å². The van der Waals surface area contributed by atoms with Crippen LogP contribution in [0.5, 0.6) is 0 Å². The molecule has 0 aliphatic rings. The summed E-state index contributed by atoms with van der Waals surface area (Å²) >= 11 is 0. The first-order chi connectivity index (χ1) is 9.54. The average molecular weight is 272 g/mol. The van der Waals surface area contributed by atoms with Gasteiger partial charge in [-0.1, -0.05) is 39.3 Å². The molecule has 106 valence electrons. The van der Waals surface area contributed by atoms with E-state index in [0.717, 1.165) is 17.8 Å². The molecule has 4 nitrogen and oxygen atoms in total. The molecule has 1 aromatic carbocycles. The lowest BCUT2D eigenvalue weighted by atomic mass is 10.0. The van der Waals surface area contributed by atoms with Crippen LogP contribution in [0.4, 0.5) is 0 Å². The summed E-state index contributed by atoms with van der Waals surface area (Å²) < 4.78 is 1.73. The second-order valence-electron chi connectivity index (χ2n) is 5.22. The van der Waals surface area contributed by atoms with Gasteiger partial charge in [0, 0.05) is 0 Å². The van der Waals surface area contributed by atoms with Crippen molar-refractivity contribution < 1.29 is 9.90 Å². The molecule has 0 radical (unpaired) electrons. The van der Waals surface area contributed by atoms with E-state index in [1.165, 1.54) is 11.8 Å². The van der Waals surface area contributed by atoms with Crippen molar-refractivity contribution in [3.05, 3.63) is 47.3 Å². The summed E-state index contributed by atoms with van der Waals surface area (Å²) in [6, 6.07) is 8.12. The second-order valence-corrected chi connectivity index (χ2v) is 5.22. The number of hydrogen-bond donors (Lipinski definition) is 1. The number of carbonyl (C=O) groups is 1. The highest BCUT2D eigenvalue weighted by molar-refractivity contribution is 5.88. The van der Waals surface area contributed by atoms with Gasteiger partial charge in [0.2, 0.25) is 0 Å². The molecule has 0 atom stereocenters. The van der Waals surface area contributed by atoms with Gasteiger partial charge in [0.1, 0.15) is 5.56 Å². The molecule has 0 bridgehead atoms. The van der Waals surface area contributed by atoms with Crippen LogP contribution in [-0.2, 0) is 6.42 Å². The number of benzene rings is 1. The fraction of sp³-hybridized carbons (Fsp3) is 0.375. The minimum Gasteiger partial charge on any atom is -0.478 e. The fourth-order valence-corrected chi connectivity index (χ4v) is 2.25. The lowest BCUT2D eigenvalue weighted by Crippen LogP contribution is -2.06. The first-order valence-electron chi connectivity index (χ1n) is 6.95. The van der Waals surface area contributed by atoms with Gasteiger partial charge in [-0.2, -0.15) is 5.10 Å². The third-order valence-corrected chi connectivity index (χ3v) is 3.39. The first kappa shape index (κ1) is 14.3. The predicted octanol–water partition coefficient (Wildman–Crippen LogP) is 3.65. The molecule has 0 aliphatic heterocycles. The summed E-state index contributed by atoms with van der Waals surface area (Å²) in [6.07, 6.45) is 3.02. The molecule has 4 heteroatoms. The van der Waals surface area contributed by atoms with E-state index < -0.39 is 5.97 Å². The summed E-state index contributed by atoms with van der Waals surface area (Å²) in [5.41, 5.74) is 3.22. The molecule has 1 N–H and O–H groups in total. The Morgan fingerprint density at radius 1 is 1.30 bits per heavy atom. The highest BCUT2D eigenvalue weighted by atomic mass is 16.4. The molecular weight excluding hydrogens is 252 g/mol. The van der Waals surface area contributed by atoms with E-state index in [-0.39, 0.29) is 0 Å². The Labute approximate surface area is 119 Å². The Morgan fingerprint density at radius 2 is 1.95 bits per heavy atom. The summed E-state index contributed by atoms with van der Waals surface area (Å²) in [4.78, 5) is 11.2. The molecule has 1 aromatic heterocycles. The number of carboxylic acid groups (broad SMARTS) is 1. The summed E-state index contributed by atoms with van der Waals surface area (Å²) in [5.74, 6) is -0.440. The molecule has 1 heterocycles. The van der Waals surface area contributed by atoms with Crippen molar-refractivity contribution in [2.24, 2.45) is 0 Å². The van der Waals surface area contributed by atoms with Gasteiger partial charge in [-0.25, -0.2) is 9.48 Å². The maximum Gasteiger partial charge on any atom is 0.339 e. The van der Waals surface area contributed by atoms with Gasteiger partial charge in [0.25, 0.3) is 0 Å². The second kappa shape index (κ2) is 5.90. The van der Waals surface area contributed by atoms with Crippen molar-refractivity contribution >= 4 is 5.97 Å². The largest absolute Gasteiger partial charge is 0.478 e. The highest BCUT2D eigenvalue weighted by Crippen LogP contribution is 2.20. The Hall–Kier alpha value is -2.10. The van der Waals surface area contributed by atoms with Crippen molar-refractivity contribution in [1.29, 1.82) is 0 Å². The molecule has 2 rings (SSSR count). The monoisotopic (exact) mass is 272 g/mol. The molecular formula is C16H20N2O2. The minimum atomic E-state index is -0.918. The van der Waals surface area contributed by atoms with Gasteiger partial charge < -0.3 is 5.11 Å². The Balaban J connectivity index is 2.43. The van der Waals surface area contributed by atoms with Crippen LogP contribution in [0.3, 0.4) is 0 Å². The van der Waals surface area contributed by atoms with Crippen LogP contribution in [-0.4, -0.2) is 20.9 Å². The number of carboxylic acids is 1. The molecule has 2 aromatic rings. The summed E-state index contributed by atoms with van der Waals surface area (Å²) in [7, 11) is 0.